The summed E-state index contributed by atoms with van der Waals surface area (Å²) in [4.78, 5) is 0. The summed E-state index contributed by atoms with van der Waals surface area (Å²) in [7, 11) is 0. The summed E-state index contributed by atoms with van der Waals surface area (Å²) in [5.74, 6) is 10.7. The molecule has 0 nitrogen and oxygen atoms in total. The molecule has 0 aromatic rings. The molecule has 0 saturated heterocycles. The van der Waals surface area contributed by atoms with Gasteiger partial charge in [-0.05, 0) is 95.2 Å². The van der Waals surface area contributed by atoms with E-state index in [-0.39, 0.29) is 0 Å². The van der Waals surface area contributed by atoms with Crippen LogP contribution in [-0.4, -0.2) is 0 Å². The molecule has 0 radical (unpaired) electrons. The van der Waals surface area contributed by atoms with Crippen molar-refractivity contribution >= 4 is 0 Å². The third-order valence-electron chi connectivity index (χ3n) is 13.2. The van der Waals surface area contributed by atoms with E-state index in [2.05, 4.69) is 256 Å². The topological polar surface area (TPSA) is 0 Å². The maximum Gasteiger partial charge on any atom is -0.0354 e. The molecule has 0 aliphatic heterocycles. The molecule has 0 heteroatoms. The summed E-state index contributed by atoms with van der Waals surface area (Å²) in [6, 6.07) is 0. The van der Waals surface area contributed by atoms with Gasteiger partial charge in [0, 0.05) is 0 Å². The van der Waals surface area contributed by atoms with Gasteiger partial charge in [-0.1, -0.05) is 451 Å². The lowest BCUT2D eigenvalue weighted by atomic mass is 9.88. The van der Waals surface area contributed by atoms with Crippen LogP contribution in [0.25, 0.3) is 0 Å². The first kappa shape index (κ1) is 114. The van der Waals surface area contributed by atoms with Crippen LogP contribution >= 0.6 is 0 Å². The van der Waals surface area contributed by atoms with E-state index in [9.17, 15) is 0 Å². The minimum atomic E-state index is 0.500. The molecule has 0 aromatic carbocycles. The van der Waals surface area contributed by atoms with Crippen LogP contribution in [0, 0.1) is 75.9 Å². The van der Waals surface area contributed by atoms with Crippen LogP contribution < -0.4 is 0 Å². The predicted molar refractivity (Wildman–Crippen MR) is 410 cm³/mol. The summed E-state index contributed by atoms with van der Waals surface area (Å²) in [6.07, 6.45) is 40.4. The number of hydrogen-bond acceptors (Lipinski definition) is 0. The van der Waals surface area contributed by atoms with Crippen molar-refractivity contribution in [2.45, 2.75) is 470 Å². The predicted octanol–water partition coefficient (Wildman–Crippen LogP) is 33.7. The highest BCUT2D eigenvalue weighted by molar-refractivity contribution is 4.82. The Bertz CT molecular complexity index is 814. The van der Waals surface area contributed by atoms with E-state index >= 15 is 0 Å². The normalized spacial score (nSPS) is 15.4. The Kier molecular flexibility index (Phi) is 135. The number of rotatable bonds is 15. The highest BCUT2D eigenvalue weighted by atomic mass is 14.4. The molecule has 0 aromatic heterocycles. The number of unbranched alkanes of at least 4 members (excludes halogenated alkanes) is 6. The summed E-state index contributed by atoms with van der Waals surface area (Å²) >= 11 is 0. The van der Waals surface area contributed by atoms with Crippen LogP contribution in [0.2, 0.25) is 0 Å². The zero-order chi connectivity index (χ0) is 68.9. The van der Waals surface area contributed by atoms with Gasteiger partial charge in [-0.3, -0.25) is 0 Å². The molecule has 5 rings (SSSR count). The number of hydrogen-bond donors (Lipinski definition) is 0. The minimum absolute atomic E-state index is 0.500. The molecule has 2 atom stereocenters. The molecule has 5 fully saturated rings. The van der Waals surface area contributed by atoms with E-state index in [0.29, 0.717) is 5.41 Å². The van der Waals surface area contributed by atoms with E-state index < -0.39 is 0 Å². The summed E-state index contributed by atoms with van der Waals surface area (Å²) in [5.41, 5.74) is 1.25. The van der Waals surface area contributed by atoms with Crippen molar-refractivity contribution in [1.29, 1.82) is 0 Å². The van der Waals surface area contributed by atoms with Gasteiger partial charge in [0.05, 0.1) is 0 Å². The Morgan fingerprint density at radius 1 is 0.373 bits per heavy atom. The van der Waals surface area contributed by atoms with E-state index in [0.717, 1.165) is 70.5 Å². The lowest BCUT2D eigenvalue weighted by Crippen LogP contribution is -2.04. The molecular formula is C83H192. The molecular weight excluding hydrogens is 997 g/mol. The maximum atomic E-state index is 2.31. The van der Waals surface area contributed by atoms with Crippen molar-refractivity contribution < 1.29 is 0 Å². The van der Waals surface area contributed by atoms with Crippen molar-refractivity contribution in [3.8, 4) is 0 Å². The second-order valence-corrected chi connectivity index (χ2v) is 29.8. The van der Waals surface area contributed by atoms with Gasteiger partial charge in [0.1, 0.15) is 0 Å². The fourth-order valence-corrected chi connectivity index (χ4v) is 4.36. The van der Waals surface area contributed by atoms with Gasteiger partial charge in [0.15, 0.2) is 0 Å². The average Bonchev–Trinajstić information content (AvgIpc) is 4.22. The SMILES string of the molecule is CC.CC.CC(C)(C)C.CC(C)C.CC1(C)CC1.CC1CC1.CC1CC1C.CC1CCC1.CCC.CCC(C)C.CCC(C)C.CCC(C)CC.CCC1CC1.CCCC.CCCC(C)C.CCCC(C)C.CCCCC.CCCCCC. The lowest BCUT2D eigenvalue weighted by molar-refractivity contribution is 0.346. The first-order valence-corrected chi connectivity index (χ1v) is 38.5. The minimum Gasteiger partial charge on any atom is -0.0683 e. The Hall–Kier alpha value is 0. The maximum absolute atomic E-state index is 2.31. The molecule has 5 aliphatic carbocycles. The zero-order valence-corrected chi connectivity index (χ0v) is 68.9. The Morgan fingerprint density at radius 3 is 0.602 bits per heavy atom. The van der Waals surface area contributed by atoms with Gasteiger partial charge in [0.25, 0.3) is 0 Å². The fourth-order valence-electron chi connectivity index (χ4n) is 4.36. The fraction of sp³-hybridized carbons (Fsp3) is 1.00. The molecule has 0 bridgehead atoms. The van der Waals surface area contributed by atoms with Crippen LogP contribution in [0.3, 0.4) is 0 Å². The first-order valence-electron chi connectivity index (χ1n) is 38.5. The van der Waals surface area contributed by atoms with Crippen LogP contribution in [0.15, 0.2) is 0 Å². The Labute approximate surface area is 543 Å². The van der Waals surface area contributed by atoms with Crippen molar-refractivity contribution in [2.75, 3.05) is 0 Å². The molecule has 83 heavy (non-hydrogen) atoms. The largest absolute Gasteiger partial charge is 0.0683 e. The molecule has 524 valence electrons. The third-order valence-corrected chi connectivity index (χ3v) is 13.2. The van der Waals surface area contributed by atoms with E-state index in [1.165, 1.54) is 186 Å². The van der Waals surface area contributed by atoms with Crippen molar-refractivity contribution in [3.63, 3.8) is 0 Å². The summed E-state index contributed by atoms with van der Waals surface area (Å²) in [5, 5.41) is 0. The van der Waals surface area contributed by atoms with Gasteiger partial charge in [-0.2, -0.15) is 0 Å². The standard InChI is InChI=1S/4C6H14.4C5H10.4C5H12.C4H8.2C4H10.C3H8.2C2H6/c2*1-4-5-6(2)3;1-4-6(3)5-2;1-3-5-6-4-2;1-5(2)3-4-5;1-4-3-5(4)2;1-5-3-2-4-5;1-2-5-3-4-5;1-5(2,3)4;2*1-4-5(2)3;1-3-5-4-2;1-4-2-3-4;1-4(2)3;1-3-4-2;1-3-2;2*1-2/h3*6H,4-5H2,1-3H3;3-6H2,1-2H3;3-4H2,1-2H3;4-5H,3H2,1-2H3;2*5H,2-4H2,1H3;1-4H3;2*5H,4H2,1-3H3;3-5H2,1-2H3;4H,2-3H2,1H3;4H,1-3H3;3-4H2,1-2H3;3H2,1-2H3;2*1-2H3. The second-order valence-electron chi connectivity index (χ2n) is 29.8. The molecule has 0 N–H and O–H groups in total. The summed E-state index contributed by atoms with van der Waals surface area (Å²) in [6.45, 7) is 90.3. The molecule has 2 unspecified atom stereocenters. The highest BCUT2D eigenvalue weighted by Gasteiger charge is 2.30. The van der Waals surface area contributed by atoms with Gasteiger partial charge in [-0.15, -0.1) is 0 Å². The molecule has 0 spiro atoms. The third kappa shape index (κ3) is 259. The van der Waals surface area contributed by atoms with Gasteiger partial charge >= 0.3 is 0 Å². The second kappa shape index (κ2) is 98.2. The zero-order valence-electron chi connectivity index (χ0n) is 68.9. The Morgan fingerprint density at radius 2 is 0.590 bits per heavy atom. The highest BCUT2D eigenvalue weighted by Crippen LogP contribution is 2.43. The van der Waals surface area contributed by atoms with E-state index in [1.807, 2.05) is 27.7 Å². The van der Waals surface area contributed by atoms with Crippen molar-refractivity contribution in [2.24, 2.45) is 75.9 Å². The van der Waals surface area contributed by atoms with Crippen LogP contribution in [0.1, 0.15) is 470 Å². The van der Waals surface area contributed by atoms with Crippen LogP contribution in [-0.2, 0) is 0 Å². The molecule has 5 aliphatic rings. The lowest BCUT2D eigenvalue weighted by Gasteiger charge is -2.18. The van der Waals surface area contributed by atoms with Gasteiger partial charge in [0.2, 0.25) is 0 Å². The average molecular weight is 1190 g/mol. The Balaban J connectivity index is -0.0000000571. The van der Waals surface area contributed by atoms with E-state index in [4.69, 9.17) is 0 Å². The summed E-state index contributed by atoms with van der Waals surface area (Å²) < 4.78 is 0. The van der Waals surface area contributed by atoms with Crippen molar-refractivity contribution in [1.82, 2.24) is 0 Å². The van der Waals surface area contributed by atoms with E-state index in [1.54, 1.807) is 0 Å². The van der Waals surface area contributed by atoms with Gasteiger partial charge in [-0.25, -0.2) is 0 Å². The molecule has 0 amide bonds. The first-order chi connectivity index (χ1) is 38.5. The molecule has 5 saturated carbocycles. The van der Waals surface area contributed by atoms with Crippen LogP contribution in [0.5, 0.6) is 0 Å². The van der Waals surface area contributed by atoms with Crippen molar-refractivity contribution in [3.05, 3.63) is 0 Å². The van der Waals surface area contributed by atoms with Gasteiger partial charge < -0.3 is 0 Å². The molecule has 0 heterocycles. The van der Waals surface area contributed by atoms with Crippen LogP contribution in [0.4, 0.5) is 0 Å². The quantitative estimate of drug-likeness (QED) is 0.143. The smallest absolute Gasteiger partial charge is 0.0354 e. The monoisotopic (exact) mass is 1190 g/mol.